The third kappa shape index (κ3) is 2.38. The number of alkyl halides is 3. The highest BCUT2D eigenvalue weighted by Gasteiger charge is 2.34. The summed E-state index contributed by atoms with van der Waals surface area (Å²) in [5.41, 5.74) is -0.946. The summed E-state index contributed by atoms with van der Waals surface area (Å²) >= 11 is 0. The SMILES string of the molecule is O=C1CC(O)CN1c1ccnc(C(F)(F)F)c1. The summed E-state index contributed by atoms with van der Waals surface area (Å²) in [6.45, 7) is 0.0140. The van der Waals surface area contributed by atoms with Crippen LogP contribution in [0.5, 0.6) is 0 Å². The van der Waals surface area contributed by atoms with Gasteiger partial charge in [-0.25, -0.2) is 0 Å². The van der Waals surface area contributed by atoms with Gasteiger partial charge in [-0.15, -0.1) is 0 Å². The molecule has 2 rings (SSSR count). The molecule has 1 fully saturated rings. The van der Waals surface area contributed by atoms with Crippen molar-refractivity contribution in [1.29, 1.82) is 0 Å². The maximum atomic E-state index is 12.4. The van der Waals surface area contributed by atoms with Crippen LogP contribution in [0, 0.1) is 0 Å². The van der Waals surface area contributed by atoms with Crippen LogP contribution < -0.4 is 4.90 Å². The zero-order chi connectivity index (χ0) is 12.6. The van der Waals surface area contributed by atoms with Crippen molar-refractivity contribution in [1.82, 2.24) is 4.98 Å². The van der Waals surface area contributed by atoms with Gasteiger partial charge in [0.05, 0.1) is 19.1 Å². The van der Waals surface area contributed by atoms with E-state index in [1.807, 2.05) is 0 Å². The minimum atomic E-state index is -4.54. The van der Waals surface area contributed by atoms with Crippen molar-refractivity contribution >= 4 is 11.6 Å². The highest BCUT2D eigenvalue weighted by atomic mass is 19.4. The lowest BCUT2D eigenvalue weighted by molar-refractivity contribution is -0.141. The van der Waals surface area contributed by atoms with Gasteiger partial charge in [-0.3, -0.25) is 9.78 Å². The minimum absolute atomic E-state index is 0.0140. The average molecular weight is 246 g/mol. The monoisotopic (exact) mass is 246 g/mol. The standard InChI is InChI=1S/C10H9F3N2O2/c11-10(12,13)8-3-6(1-2-14-8)15-5-7(16)4-9(15)17/h1-3,7,16H,4-5H2. The zero-order valence-electron chi connectivity index (χ0n) is 8.61. The van der Waals surface area contributed by atoms with E-state index in [0.29, 0.717) is 0 Å². The average Bonchev–Trinajstić information content (AvgIpc) is 2.57. The van der Waals surface area contributed by atoms with E-state index < -0.39 is 23.9 Å². The number of aliphatic hydroxyl groups excluding tert-OH is 1. The molecule has 0 spiro atoms. The number of aliphatic hydroxyl groups is 1. The zero-order valence-corrected chi connectivity index (χ0v) is 8.61. The normalized spacial score (nSPS) is 21.1. The fourth-order valence-electron chi connectivity index (χ4n) is 1.68. The molecule has 1 aliphatic heterocycles. The van der Waals surface area contributed by atoms with E-state index in [1.165, 1.54) is 6.07 Å². The second-order valence-corrected chi connectivity index (χ2v) is 3.76. The van der Waals surface area contributed by atoms with Crippen molar-refractivity contribution in [3.63, 3.8) is 0 Å². The topological polar surface area (TPSA) is 53.4 Å². The summed E-state index contributed by atoms with van der Waals surface area (Å²) in [5, 5.41) is 9.26. The Morgan fingerprint density at radius 1 is 1.47 bits per heavy atom. The molecule has 0 aromatic carbocycles. The van der Waals surface area contributed by atoms with Crippen molar-refractivity contribution < 1.29 is 23.1 Å². The first-order valence-corrected chi connectivity index (χ1v) is 4.89. The molecule has 1 saturated heterocycles. The molecule has 1 unspecified atom stereocenters. The highest BCUT2D eigenvalue weighted by Crippen LogP contribution is 2.30. The summed E-state index contributed by atoms with van der Waals surface area (Å²) in [5.74, 6) is -0.392. The van der Waals surface area contributed by atoms with Crippen molar-refractivity contribution in [2.45, 2.75) is 18.7 Å². The summed E-state index contributed by atoms with van der Waals surface area (Å²) in [6.07, 6.45) is -4.44. The molecule has 92 valence electrons. The molecule has 1 aromatic rings. The Morgan fingerprint density at radius 2 is 2.18 bits per heavy atom. The summed E-state index contributed by atoms with van der Waals surface area (Å²) in [6, 6.07) is 2.11. The maximum Gasteiger partial charge on any atom is 0.433 e. The number of halogens is 3. The van der Waals surface area contributed by atoms with Crippen LogP contribution in [-0.2, 0) is 11.0 Å². The van der Waals surface area contributed by atoms with Crippen LogP contribution in [0.1, 0.15) is 12.1 Å². The first kappa shape index (κ1) is 11.8. The molecule has 2 heterocycles. The van der Waals surface area contributed by atoms with Crippen molar-refractivity contribution in [2.24, 2.45) is 0 Å². The van der Waals surface area contributed by atoms with Gasteiger partial charge in [0.15, 0.2) is 0 Å². The summed E-state index contributed by atoms with van der Waals surface area (Å²) in [7, 11) is 0. The lowest BCUT2D eigenvalue weighted by atomic mass is 10.3. The van der Waals surface area contributed by atoms with Gasteiger partial charge >= 0.3 is 6.18 Å². The molecule has 7 heteroatoms. The van der Waals surface area contributed by atoms with Crippen LogP contribution in [-0.4, -0.2) is 28.6 Å². The third-order valence-corrected chi connectivity index (χ3v) is 2.45. The van der Waals surface area contributed by atoms with Crippen LogP contribution in [0.15, 0.2) is 18.3 Å². The van der Waals surface area contributed by atoms with Gasteiger partial charge in [-0.2, -0.15) is 13.2 Å². The molecule has 1 atom stereocenters. The lowest BCUT2D eigenvalue weighted by Gasteiger charge is -2.16. The Morgan fingerprint density at radius 3 is 2.71 bits per heavy atom. The van der Waals surface area contributed by atoms with Crippen LogP contribution in [0.4, 0.5) is 18.9 Å². The van der Waals surface area contributed by atoms with Crippen molar-refractivity contribution in [3.8, 4) is 0 Å². The molecule has 1 aliphatic rings. The predicted octanol–water partition coefficient (Wildman–Crippen LogP) is 1.20. The number of β-amino-alcohol motifs (C(OH)–C–C–N with tert-alkyl or cyclic N) is 1. The lowest BCUT2D eigenvalue weighted by Crippen LogP contribution is -2.25. The van der Waals surface area contributed by atoms with Gasteiger partial charge in [0.2, 0.25) is 5.91 Å². The molecular weight excluding hydrogens is 237 g/mol. The van der Waals surface area contributed by atoms with E-state index in [0.717, 1.165) is 17.2 Å². The molecular formula is C10H9F3N2O2. The number of aromatic nitrogens is 1. The second-order valence-electron chi connectivity index (χ2n) is 3.76. The molecule has 1 N–H and O–H groups in total. The van der Waals surface area contributed by atoms with E-state index >= 15 is 0 Å². The van der Waals surface area contributed by atoms with Gasteiger partial charge in [-0.05, 0) is 12.1 Å². The number of nitrogens with zero attached hydrogens (tertiary/aromatic N) is 2. The number of carbonyl (C=O) groups is 1. The molecule has 0 bridgehead atoms. The van der Waals surface area contributed by atoms with E-state index in [-0.39, 0.29) is 18.7 Å². The van der Waals surface area contributed by atoms with E-state index in [9.17, 15) is 23.1 Å². The van der Waals surface area contributed by atoms with Crippen LogP contribution in [0.25, 0.3) is 0 Å². The van der Waals surface area contributed by atoms with Crippen LogP contribution in [0.2, 0.25) is 0 Å². The second kappa shape index (κ2) is 3.99. The summed E-state index contributed by atoms with van der Waals surface area (Å²) < 4.78 is 37.2. The van der Waals surface area contributed by atoms with Crippen molar-refractivity contribution in [3.05, 3.63) is 24.0 Å². The number of pyridine rings is 1. The fourth-order valence-corrected chi connectivity index (χ4v) is 1.68. The van der Waals surface area contributed by atoms with Gasteiger partial charge in [-0.1, -0.05) is 0 Å². The Kier molecular flexibility index (Phi) is 2.78. The number of amides is 1. The van der Waals surface area contributed by atoms with Gasteiger partial charge in [0, 0.05) is 11.9 Å². The van der Waals surface area contributed by atoms with Crippen molar-refractivity contribution in [2.75, 3.05) is 11.4 Å². The summed E-state index contributed by atoms with van der Waals surface area (Å²) in [4.78, 5) is 15.7. The number of hydrogen-bond acceptors (Lipinski definition) is 3. The van der Waals surface area contributed by atoms with Gasteiger partial charge in [0.1, 0.15) is 5.69 Å². The Balaban J connectivity index is 2.31. The van der Waals surface area contributed by atoms with E-state index in [4.69, 9.17) is 0 Å². The minimum Gasteiger partial charge on any atom is -0.391 e. The molecule has 17 heavy (non-hydrogen) atoms. The molecule has 0 saturated carbocycles. The van der Waals surface area contributed by atoms with E-state index in [1.54, 1.807) is 0 Å². The molecule has 1 aromatic heterocycles. The largest absolute Gasteiger partial charge is 0.433 e. The maximum absolute atomic E-state index is 12.4. The van der Waals surface area contributed by atoms with Gasteiger partial charge in [0.25, 0.3) is 0 Å². The first-order valence-electron chi connectivity index (χ1n) is 4.89. The Bertz CT molecular complexity index is 447. The number of hydrogen-bond donors (Lipinski definition) is 1. The first-order chi connectivity index (χ1) is 7.88. The smallest absolute Gasteiger partial charge is 0.391 e. The molecule has 1 amide bonds. The molecule has 0 radical (unpaired) electrons. The number of rotatable bonds is 1. The predicted molar refractivity (Wildman–Crippen MR) is 52.2 cm³/mol. The van der Waals surface area contributed by atoms with Gasteiger partial charge < -0.3 is 10.0 Å². The third-order valence-electron chi connectivity index (χ3n) is 2.45. The molecule has 4 nitrogen and oxygen atoms in total. The van der Waals surface area contributed by atoms with Crippen LogP contribution >= 0.6 is 0 Å². The Hall–Kier alpha value is -1.63. The number of carbonyl (C=O) groups excluding carboxylic acids is 1. The quantitative estimate of drug-likeness (QED) is 0.810. The Labute approximate surface area is 94.7 Å². The number of anilines is 1. The highest BCUT2D eigenvalue weighted by molar-refractivity contribution is 5.96. The molecule has 0 aliphatic carbocycles. The van der Waals surface area contributed by atoms with Crippen LogP contribution in [0.3, 0.4) is 0 Å². The van der Waals surface area contributed by atoms with E-state index in [2.05, 4.69) is 4.98 Å². The fraction of sp³-hybridized carbons (Fsp3) is 0.400.